The molecule has 0 saturated carbocycles. The summed E-state index contributed by atoms with van der Waals surface area (Å²) in [6, 6.07) is 1.78. The number of halogens is 1. The summed E-state index contributed by atoms with van der Waals surface area (Å²) < 4.78 is 18.4. The van der Waals surface area contributed by atoms with Crippen LogP contribution in [0.5, 0.6) is 0 Å². The highest BCUT2D eigenvalue weighted by molar-refractivity contribution is 5.41. The van der Waals surface area contributed by atoms with Gasteiger partial charge in [-0.1, -0.05) is 5.16 Å². The van der Waals surface area contributed by atoms with E-state index in [0.717, 1.165) is 6.20 Å². The third-order valence-corrected chi connectivity index (χ3v) is 2.19. The lowest BCUT2D eigenvalue weighted by Gasteiger charge is -2.06. The number of hydrogen-bond acceptors (Lipinski definition) is 6. The molecule has 2 aromatic heterocycles. The van der Waals surface area contributed by atoms with Crippen molar-refractivity contribution >= 4 is 11.8 Å². The first kappa shape index (κ1) is 12.3. The highest BCUT2D eigenvalue weighted by Gasteiger charge is 2.07. The fraction of sp³-hybridized carbons (Fsp3) is 0.364. The predicted octanol–water partition coefficient (Wildman–Crippen LogP) is 1.96. The largest absolute Gasteiger partial charge is 0.362 e. The third-order valence-electron chi connectivity index (χ3n) is 2.19. The lowest BCUT2D eigenvalue weighted by atomic mass is 10.4. The van der Waals surface area contributed by atoms with Gasteiger partial charge in [0.1, 0.15) is 11.5 Å². The summed E-state index contributed by atoms with van der Waals surface area (Å²) >= 11 is 0. The minimum Gasteiger partial charge on any atom is -0.362 e. The molecule has 18 heavy (non-hydrogen) atoms. The zero-order chi connectivity index (χ0) is 13.0. The number of anilines is 2. The molecule has 0 radical (unpaired) electrons. The van der Waals surface area contributed by atoms with E-state index in [1.807, 2.05) is 6.92 Å². The average Bonchev–Trinajstić information content (AvgIpc) is 2.76. The lowest BCUT2D eigenvalue weighted by molar-refractivity contribution is 0.391. The van der Waals surface area contributed by atoms with Crippen molar-refractivity contribution in [1.82, 2.24) is 15.1 Å². The van der Waals surface area contributed by atoms with Crippen LogP contribution < -0.4 is 10.6 Å². The van der Waals surface area contributed by atoms with Crippen LogP contribution in [0, 0.1) is 12.7 Å². The van der Waals surface area contributed by atoms with Crippen LogP contribution in [0.2, 0.25) is 0 Å². The monoisotopic (exact) mass is 251 g/mol. The van der Waals surface area contributed by atoms with Gasteiger partial charge in [0.25, 0.3) is 0 Å². The van der Waals surface area contributed by atoms with Gasteiger partial charge in [-0.25, -0.2) is 9.37 Å². The van der Waals surface area contributed by atoms with Gasteiger partial charge in [-0.15, -0.1) is 0 Å². The van der Waals surface area contributed by atoms with Crippen LogP contribution in [-0.4, -0.2) is 21.7 Å². The molecule has 0 aliphatic carbocycles. The van der Waals surface area contributed by atoms with Gasteiger partial charge in [0.05, 0.1) is 12.7 Å². The quantitative estimate of drug-likeness (QED) is 0.846. The molecule has 7 heteroatoms. The Hall–Kier alpha value is -2.18. The summed E-state index contributed by atoms with van der Waals surface area (Å²) in [6.07, 6.45) is 1.13. The third kappa shape index (κ3) is 2.93. The second kappa shape index (κ2) is 5.44. The minimum absolute atomic E-state index is 0.140. The molecule has 0 atom stereocenters. The number of hydrogen-bond donors (Lipinski definition) is 2. The molecule has 96 valence electrons. The number of nitrogens with zero attached hydrogens (tertiary/aromatic N) is 3. The smallest absolute Gasteiger partial charge is 0.224 e. The minimum atomic E-state index is -0.503. The van der Waals surface area contributed by atoms with Crippen LogP contribution in [0.25, 0.3) is 0 Å². The topological polar surface area (TPSA) is 75.9 Å². The Morgan fingerprint density at radius 2 is 2.22 bits per heavy atom. The molecule has 0 unspecified atom stereocenters. The van der Waals surface area contributed by atoms with Crippen molar-refractivity contribution in [2.75, 3.05) is 17.2 Å². The van der Waals surface area contributed by atoms with Gasteiger partial charge in [-0.05, 0) is 13.8 Å². The van der Waals surface area contributed by atoms with Crippen LogP contribution in [0.3, 0.4) is 0 Å². The van der Waals surface area contributed by atoms with Crippen LogP contribution >= 0.6 is 0 Å². The highest BCUT2D eigenvalue weighted by Crippen LogP contribution is 2.13. The van der Waals surface area contributed by atoms with E-state index in [1.165, 1.54) is 0 Å². The molecule has 0 fully saturated rings. The molecule has 0 aliphatic rings. The molecule has 0 bridgehead atoms. The molecule has 2 aromatic rings. The van der Waals surface area contributed by atoms with E-state index < -0.39 is 5.82 Å². The Morgan fingerprint density at radius 3 is 2.89 bits per heavy atom. The Bertz CT molecular complexity index is 528. The van der Waals surface area contributed by atoms with E-state index in [0.29, 0.717) is 30.5 Å². The lowest BCUT2D eigenvalue weighted by Crippen LogP contribution is -2.08. The Kier molecular flexibility index (Phi) is 3.71. The second-order valence-corrected chi connectivity index (χ2v) is 3.70. The van der Waals surface area contributed by atoms with Gasteiger partial charge in [0.15, 0.2) is 11.6 Å². The zero-order valence-electron chi connectivity index (χ0n) is 10.2. The first-order chi connectivity index (χ1) is 8.69. The predicted molar refractivity (Wildman–Crippen MR) is 64.7 cm³/mol. The standard InChI is InChI=1S/C11H14FN5O/c1-3-13-11-15-6-9(12)10(16-11)14-5-8-4-7(2)18-17-8/h4,6H,3,5H2,1-2H3,(H2,13,14,15,16). The molecule has 0 aromatic carbocycles. The van der Waals surface area contributed by atoms with Gasteiger partial charge < -0.3 is 15.2 Å². The summed E-state index contributed by atoms with van der Waals surface area (Å²) in [6.45, 7) is 4.73. The molecule has 2 rings (SSSR count). The van der Waals surface area contributed by atoms with E-state index in [1.54, 1.807) is 13.0 Å². The van der Waals surface area contributed by atoms with Crippen molar-refractivity contribution in [3.63, 3.8) is 0 Å². The SMILES string of the molecule is CCNc1ncc(F)c(NCc2cc(C)on2)n1. The van der Waals surface area contributed by atoms with Gasteiger partial charge >= 0.3 is 0 Å². The van der Waals surface area contributed by atoms with E-state index in [9.17, 15) is 4.39 Å². The summed E-state index contributed by atoms with van der Waals surface area (Å²) in [7, 11) is 0. The Balaban J connectivity index is 2.05. The summed E-state index contributed by atoms with van der Waals surface area (Å²) in [5, 5.41) is 9.57. The van der Waals surface area contributed by atoms with E-state index in [-0.39, 0.29) is 5.82 Å². The van der Waals surface area contributed by atoms with Crippen molar-refractivity contribution in [2.45, 2.75) is 20.4 Å². The molecular weight excluding hydrogens is 237 g/mol. The number of aromatic nitrogens is 3. The van der Waals surface area contributed by atoms with E-state index in [2.05, 4.69) is 25.8 Å². The van der Waals surface area contributed by atoms with Crippen LogP contribution in [0.4, 0.5) is 16.2 Å². The first-order valence-electron chi connectivity index (χ1n) is 5.61. The summed E-state index contributed by atoms with van der Waals surface area (Å²) in [5.74, 6) is 0.736. The van der Waals surface area contributed by atoms with Crippen molar-refractivity contribution in [2.24, 2.45) is 0 Å². The van der Waals surface area contributed by atoms with Gasteiger partial charge in [-0.3, -0.25) is 0 Å². The average molecular weight is 251 g/mol. The van der Waals surface area contributed by atoms with E-state index in [4.69, 9.17) is 4.52 Å². The summed E-state index contributed by atoms with van der Waals surface area (Å²) in [4.78, 5) is 7.83. The molecule has 0 saturated heterocycles. The number of aryl methyl sites for hydroxylation is 1. The highest BCUT2D eigenvalue weighted by atomic mass is 19.1. The molecule has 2 heterocycles. The van der Waals surface area contributed by atoms with Gasteiger partial charge in [0.2, 0.25) is 5.95 Å². The van der Waals surface area contributed by atoms with Crippen LogP contribution in [0.15, 0.2) is 16.8 Å². The molecule has 0 aliphatic heterocycles. The van der Waals surface area contributed by atoms with E-state index >= 15 is 0 Å². The Labute approximate surface area is 104 Å². The maximum Gasteiger partial charge on any atom is 0.224 e. The van der Waals surface area contributed by atoms with Crippen molar-refractivity contribution in [3.8, 4) is 0 Å². The maximum absolute atomic E-state index is 13.5. The molecule has 0 amide bonds. The summed E-state index contributed by atoms with van der Waals surface area (Å²) in [5.41, 5.74) is 0.690. The molecule has 2 N–H and O–H groups in total. The fourth-order valence-corrected chi connectivity index (χ4v) is 1.41. The fourth-order valence-electron chi connectivity index (χ4n) is 1.41. The zero-order valence-corrected chi connectivity index (χ0v) is 10.2. The second-order valence-electron chi connectivity index (χ2n) is 3.70. The van der Waals surface area contributed by atoms with Crippen LogP contribution in [0.1, 0.15) is 18.4 Å². The molecule has 6 nitrogen and oxygen atoms in total. The van der Waals surface area contributed by atoms with Crippen molar-refractivity contribution in [3.05, 3.63) is 29.5 Å². The normalized spacial score (nSPS) is 10.4. The van der Waals surface area contributed by atoms with Crippen LogP contribution in [-0.2, 0) is 6.54 Å². The number of rotatable bonds is 5. The maximum atomic E-state index is 13.5. The van der Waals surface area contributed by atoms with Crippen molar-refractivity contribution < 1.29 is 8.91 Å². The van der Waals surface area contributed by atoms with Gasteiger partial charge in [-0.2, -0.15) is 4.98 Å². The number of nitrogens with one attached hydrogen (secondary N) is 2. The Morgan fingerprint density at radius 1 is 1.39 bits per heavy atom. The molecular formula is C11H14FN5O. The van der Waals surface area contributed by atoms with Gasteiger partial charge in [0, 0.05) is 12.6 Å². The van der Waals surface area contributed by atoms with Crippen molar-refractivity contribution in [1.29, 1.82) is 0 Å². The first-order valence-corrected chi connectivity index (χ1v) is 5.61. The molecule has 0 spiro atoms.